The maximum Gasteiger partial charge on any atom is 0.243 e. The van der Waals surface area contributed by atoms with Crippen molar-refractivity contribution in [3.63, 3.8) is 0 Å². The molecule has 3 rings (SSSR count). The van der Waals surface area contributed by atoms with Crippen LogP contribution in [0.1, 0.15) is 38.2 Å². The van der Waals surface area contributed by atoms with Crippen molar-refractivity contribution < 1.29 is 8.42 Å². The van der Waals surface area contributed by atoms with Gasteiger partial charge in [-0.1, -0.05) is 24.3 Å². The van der Waals surface area contributed by atoms with E-state index in [1.165, 1.54) is 0 Å². The van der Waals surface area contributed by atoms with Gasteiger partial charge in [-0.3, -0.25) is 0 Å². The summed E-state index contributed by atoms with van der Waals surface area (Å²) < 4.78 is 26.7. The van der Waals surface area contributed by atoms with E-state index in [9.17, 15) is 8.42 Å². The van der Waals surface area contributed by atoms with Gasteiger partial charge in [-0.05, 0) is 50.3 Å². The van der Waals surface area contributed by atoms with Gasteiger partial charge in [-0.25, -0.2) is 13.4 Å². The molecule has 0 aromatic heterocycles. The number of nitrogens with zero attached hydrogens (tertiary/aromatic N) is 2. The normalized spacial score (nSPS) is 18.5. The van der Waals surface area contributed by atoms with Crippen LogP contribution < -0.4 is 10.6 Å². The maximum atomic E-state index is 12.6. The molecule has 2 aliphatic rings. The highest BCUT2D eigenvalue weighted by Crippen LogP contribution is 2.21. The van der Waals surface area contributed by atoms with Crippen molar-refractivity contribution in [3.05, 3.63) is 42.0 Å². The molecule has 1 heterocycles. The van der Waals surface area contributed by atoms with E-state index < -0.39 is 10.0 Å². The molecule has 1 aliphatic carbocycles. The summed E-state index contributed by atoms with van der Waals surface area (Å²) in [7, 11) is -3.35. The van der Waals surface area contributed by atoms with Gasteiger partial charge in [0.15, 0.2) is 5.96 Å². The lowest BCUT2D eigenvalue weighted by Crippen LogP contribution is -2.42. The first-order valence-electron chi connectivity index (χ1n) is 9.38. The molecule has 1 aliphatic heterocycles. The summed E-state index contributed by atoms with van der Waals surface area (Å²) in [6.07, 6.45) is 8.30. The van der Waals surface area contributed by atoms with E-state index in [2.05, 4.69) is 27.8 Å². The van der Waals surface area contributed by atoms with Crippen LogP contribution in [0.15, 0.2) is 46.3 Å². The van der Waals surface area contributed by atoms with Crippen molar-refractivity contribution in [3.8, 4) is 0 Å². The van der Waals surface area contributed by atoms with Gasteiger partial charge >= 0.3 is 0 Å². The topological polar surface area (TPSA) is 73.8 Å². The molecule has 0 amide bonds. The SMILES string of the molecule is CCNC(=NCc1ccc(S(=O)(=O)N2CCCC2)cc1)NC1CC=CC1.I. The number of guanidine groups is 1. The van der Waals surface area contributed by atoms with Crippen LogP contribution in [0, 0.1) is 0 Å². The molecule has 0 unspecified atom stereocenters. The van der Waals surface area contributed by atoms with Gasteiger partial charge in [0.1, 0.15) is 0 Å². The van der Waals surface area contributed by atoms with Crippen LogP contribution in [0.5, 0.6) is 0 Å². The van der Waals surface area contributed by atoms with Crippen LogP contribution in [-0.2, 0) is 16.6 Å². The second kappa shape index (κ2) is 10.4. The lowest BCUT2D eigenvalue weighted by molar-refractivity contribution is 0.477. The number of sulfonamides is 1. The summed E-state index contributed by atoms with van der Waals surface area (Å²) >= 11 is 0. The molecule has 0 saturated carbocycles. The summed E-state index contributed by atoms with van der Waals surface area (Å²) in [4.78, 5) is 4.99. The average molecular weight is 504 g/mol. The van der Waals surface area contributed by atoms with Crippen molar-refractivity contribution in [1.29, 1.82) is 0 Å². The summed E-state index contributed by atoms with van der Waals surface area (Å²) in [6, 6.07) is 7.50. The van der Waals surface area contributed by atoms with Crippen molar-refractivity contribution >= 4 is 40.0 Å². The van der Waals surface area contributed by atoms with Crippen LogP contribution in [0.4, 0.5) is 0 Å². The molecule has 6 nitrogen and oxygen atoms in total. The van der Waals surface area contributed by atoms with Crippen LogP contribution in [-0.4, -0.2) is 44.4 Å². The Morgan fingerprint density at radius 1 is 1.15 bits per heavy atom. The minimum Gasteiger partial charge on any atom is -0.357 e. The first-order chi connectivity index (χ1) is 12.6. The Kier molecular flexibility index (Phi) is 8.56. The summed E-state index contributed by atoms with van der Waals surface area (Å²) in [6.45, 7) is 4.62. The van der Waals surface area contributed by atoms with Gasteiger partial charge in [0, 0.05) is 25.7 Å². The number of benzene rings is 1. The lowest BCUT2D eigenvalue weighted by Gasteiger charge is -2.17. The molecule has 0 bridgehead atoms. The Hall–Kier alpha value is -1.13. The third-order valence-electron chi connectivity index (χ3n) is 4.74. The first-order valence-corrected chi connectivity index (χ1v) is 10.8. The van der Waals surface area contributed by atoms with Gasteiger partial charge in [0.05, 0.1) is 11.4 Å². The van der Waals surface area contributed by atoms with Gasteiger partial charge in [-0.15, -0.1) is 24.0 Å². The second-order valence-corrected chi connectivity index (χ2v) is 8.67. The van der Waals surface area contributed by atoms with Gasteiger partial charge < -0.3 is 10.6 Å². The molecule has 1 saturated heterocycles. The predicted molar refractivity (Wildman–Crippen MR) is 120 cm³/mol. The highest BCUT2D eigenvalue weighted by atomic mass is 127. The van der Waals surface area contributed by atoms with E-state index in [0.717, 1.165) is 43.8 Å². The quantitative estimate of drug-likeness (QED) is 0.271. The number of hydrogen-bond acceptors (Lipinski definition) is 3. The average Bonchev–Trinajstić information content (AvgIpc) is 3.34. The van der Waals surface area contributed by atoms with Crippen molar-refractivity contribution in [2.24, 2.45) is 4.99 Å². The van der Waals surface area contributed by atoms with Crippen LogP contribution in [0.3, 0.4) is 0 Å². The van der Waals surface area contributed by atoms with Crippen LogP contribution >= 0.6 is 24.0 Å². The molecule has 1 aromatic rings. The van der Waals surface area contributed by atoms with Crippen LogP contribution in [0.2, 0.25) is 0 Å². The number of halogens is 1. The van der Waals surface area contributed by atoms with Crippen molar-refractivity contribution in [1.82, 2.24) is 14.9 Å². The number of nitrogens with one attached hydrogen (secondary N) is 2. The molecule has 2 N–H and O–H groups in total. The maximum absolute atomic E-state index is 12.6. The molecule has 0 radical (unpaired) electrons. The monoisotopic (exact) mass is 504 g/mol. The Morgan fingerprint density at radius 2 is 1.78 bits per heavy atom. The molecule has 27 heavy (non-hydrogen) atoms. The highest BCUT2D eigenvalue weighted by molar-refractivity contribution is 14.0. The zero-order chi connectivity index (χ0) is 18.4. The molecular weight excluding hydrogens is 475 g/mol. The van der Waals surface area contributed by atoms with Crippen molar-refractivity contribution in [2.45, 2.75) is 50.1 Å². The Labute approximate surface area is 179 Å². The van der Waals surface area contributed by atoms with Crippen LogP contribution in [0.25, 0.3) is 0 Å². The van der Waals surface area contributed by atoms with E-state index in [1.54, 1.807) is 16.4 Å². The zero-order valence-corrected chi connectivity index (χ0v) is 18.9. The molecule has 1 aromatic carbocycles. The minimum absolute atomic E-state index is 0. The molecular formula is C19H29IN4O2S. The molecule has 1 fully saturated rings. The first kappa shape index (κ1) is 22.2. The van der Waals surface area contributed by atoms with E-state index in [0.29, 0.717) is 30.6 Å². The fraction of sp³-hybridized carbons (Fsp3) is 0.526. The van der Waals surface area contributed by atoms with Gasteiger partial charge in [0.2, 0.25) is 10.0 Å². The Balaban J connectivity index is 0.00000261. The lowest BCUT2D eigenvalue weighted by atomic mass is 10.2. The Morgan fingerprint density at radius 3 is 2.37 bits per heavy atom. The largest absolute Gasteiger partial charge is 0.357 e. The van der Waals surface area contributed by atoms with Gasteiger partial charge in [0.25, 0.3) is 0 Å². The number of rotatable bonds is 6. The molecule has 0 atom stereocenters. The molecule has 8 heteroatoms. The second-order valence-electron chi connectivity index (χ2n) is 6.73. The van der Waals surface area contributed by atoms with Gasteiger partial charge in [-0.2, -0.15) is 4.31 Å². The third-order valence-corrected chi connectivity index (χ3v) is 6.65. The summed E-state index contributed by atoms with van der Waals surface area (Å²) in [5.74, 6) is 0.801. The number of aliphatic imine (C=N–C) groups is 1. The molecule has 150 valence electrons. The minimum atomic E-state index is -3.35. The zero-order valence-electron chi connectivity index (χ0n) is 15.7. The van der Waals surface area contributed by atoms with E-state index in [1.807, 2.05) is 19.1 Å². The summed E-state index contributed by atoms with van der Waals surface area (Å²) in [5.41, 5.74) is 0.993. The third kappa shape index (κ3) is 5.92. The highest BCUT2D eigenvalue weighted by Gasteiger charge is 2.26. The fourth-order valence-corrected chi connectivity index (χ4v) is 4.78. The van der Waals surface area contributed by atoms with E-state index >= 15 is 0 Å². The standard InChI is InChI=1S/C19H28N4O2S.HI/c1-2-20-19(22-17-7-3-4-8-17)21-15-16-9-11-18(12-10-16)26(24,25)23-13-5-6-14-23;/h3-4,9-12,17H,2,5-8,13-15H2,1H3,(H2,20,21,22);1H. The predicted octanol–water partition coefficient (Wildman–Crippen LogP) is 2.86. The smallest absolute Gasteiger partial charge is 0.243 e. The Bertz CT molecular complexity index is 748. The number of hydrogen-bond donors (Lipinski definition) is 2. The summed E-state index contributed by atoms with van der Waals surface area (Å²) in [5, 5.41) is 6.69. The van der Waals surface area contributed by atoms with E-state index in [4.69, 9.17) is 0 Å². The fourth-order valence-electron chi connectivity index (χ4n) is 3.26. The van der Waals surface area contributed by atoms with Crippen molar-refractivity contribution in [2.75, 3.05) is 19.6 Å². The molecule has 0 spiro atoms. The van der Waals surface area contributed by atoms with E-state index in [-0.39, 0.29) is 24.0 Å².